The number of nitriles is 1. The smallest absolute Gasteiger partial charge is 0.200 e. The van der Waals surface area contributed by atoms with Crippen LogP contribution in [0.5, 0.6) is 0 Å². The number of rotatable bonds is 10. The lowest BCUT2D eigenvalue weighted by Crippen LogP contribution is -2.30. The van der Waals surface area contributed by atoms with Gasteiger partial charge in [-0.15, -0.1) is 0 Å². The third-order valence-corrected chi connectivity index (χ3v) is 5.03. The average molecular weight is 417 g/mol. The fraction of sp³-hybridized carbons (Fsp3) is 0.476. The molecule has 162 valence electrons. The SMILES string of the molecule is CCc1cc(C(O)(CC)CCN)c(Nc2cc(F)c(C#N)cn2)nc1C(OC)OC. The Morgan fingerprint density at radius 3 is 2.53 bits per heavy atom. The first-order valence-electron chi connectivity index (χ1n) is 9.72. The summed E-state index contributed by atoms with van der Waals surface area (Å²) in [5.74, 6) is -0.273. The number of anilines is 2. The molecular weight excluding hydrogens is 389 g/mol. The van der Waals surface area contributed by atoms with E-state index in [2.05, 4.69) is 15.3 Å². The Morgan fingerprint density at radius 1 is 1.33 bits per heavy atom. The van der Waals surface area contributed by atoms with Gasteiger partial charge in [-0.3, -0.25) is 0 Å². The van der Waals surface area contributed by atoms with Crippen LogP contribution in [-0.2, 0) is 21.5 Å². The molecule has 0 aliphatic carbocycles. The van der Waals surface area contributed by atoms with Crippen molar-refractivity contribution in [3.63, 3.8) is 0 Å². The number of pyridine rings is 2. The third kappa shape index (κ3) is 4.91. The predicted octanol–water partition coefficient (Wildman–Crippen LogP) is 3.03. The lowest BCUT2D eigenvalue weighted by molar-refractivity contribution is -0.109. The summed E-state index contributed by atoms with van der Waals surface area (Å²) in [6, 6.07) is 4.68. The van der Waals surface area contributed by atoms with Crippen LogP contribution in [0.1, 0.15) is 55.4 Å². The number of hydrogen-bond acceptors (Lipinski definition) is 8. The summed E-state index contributed by atoms with van der Waals surface area (Å²) >= 11 is 0. The second-order valence-electron chi connectivity index (χ2n) is 6.80. The number of nitrogens with one attached hydrogen (secondary N) is 1. The lowest BCUT2D eigenvalue weighted by Gasteiger charge is -2.30. The third-order valence-electron chi connectivity index (χ3n) is 5.03. The van der Waals surface area contributed by atoms with Gasteiger partial charge in [0.1, 0.15) is 34.8 Å². The summed E-state index contributed by atoms with van der Waals surface area (Å²) in [7, 11) is 3.01. The van der Waals surface area contributed by atoms with Gasteiger partial charge in [0.05, 0.1) is 11.8 Å². The minimum Gasteiger partial charge on any atom is -0.385 e. The molecule has 2 rings (SSSR count). The van der Waals surface area contributed by atoms with Crippen LogP contribution in [0.4, 0.5) is 16.0 Å². The molecule has 0 spiro atoms. The lowest BCUT2D eigenvalue weighted by atomic mass is 9.86. The first kappa shape index (κ1) is 23.6. The summed E-state index contributed by atoms with van der Waals surface area (Å²) in [4.78, 5) is 8.74. The Bertz CT molecular complexity index is 914. The van der Waals surface area contributed by atoms with Crippen LogP contribution in [-0.4, -0.2) is 35.8 Å². The van der Waals surface area contributed by atoms with E-state index >= 15 is 0 Å². The van der Waals surface area contributed by atoms with Crippen molar-refractivity contribution in [3.05, 3.63) is 46.5 Å². The van der Waals surface area contributed by atoms with Crippen LogP contribution in [0, 0.1) is 17.1 Å². The Morgan fingerprint density at radius 2 is 2.03 bits per heavy atom. The predicted molar refractivity (Wildman–Crippen MR) is 110 cm³/mol. The Balaban J connectivity index is 2.68. The molecule has 0 aliphatic rings. The Hall–Kier alpha value is -2.64. The first-order valence-corrected chi connectivity index (χ1v) is 9.72. The molecule has 0 aromatic carbocycles. The van der Waals surface area contributed by atoms with Gasteiger partial charge in [0.15, 0.2) is 0 Å². The summed E-state index contributed by atoms with van der Waals surface area (Å²) in [6.45, 7) is 4.09. The van der Waals surface area contributed by atoms with Crippen molar-refractivity contribution in [2.24, 2.45) is 5.73 Å². The molecule has 0 saturated carbocycles. The molecule has 2 aromatic rings. The molecule has 2 heterocycles. The maximum Gasteiger partial charge on any atom is 0.200 e. The molecule has 0 amide bonds. The highest BCUT2D eigenvalue weighted by Gasteiger charge is 2.32. The topological polar surface area (TPSA) is 126 Å². The summed E-state index contributed by atoms with van der Waals surface area (Å²) in [5.41, 5.74) is 6.23. The van der Waals surface area contributed by atoms with Gasteiger partial charge in [-0.25, -0.2) is 14.4 Å². The van der Waals surface area contributed by atoms with E-state index in [1.165, 1.54) is 14.2 Å². The quantitative estimate of drug-likeness (QED) is 0.504. The van der Waals surface area contributed by atoms with Crippen molar-refractivity contribution in [2.45, 2.75) is 45.0 Å². The number of nitrogens with zero attached hydrogens (tertiary/aromatic N) is 3. The first-order chi connectivity index (χ1) is 14.4. The van der Waals surface area contributed by atoms with E-state index in [0.29, 0.717) is 30.5 Å². The highest BCUT2D eigenvalue weighted by molar-refractivity contribution is 5.60. The van der Waals surface area contributed by atoms with Gasteiger partial charge in [0, 0.05) is 25.8 Å². The fourth-order valence-corrected chi connectivity index (χ4v) is 3.27. The highest BCUT2D eigenvalue weighted by atomic mass is 19.1. The number of ether oxygens (including phenoxy) is 2. The van der Waals surface area contributed by atoms with Gasteiger partial charge in [0.2, 0.25) is 6.29 Å². The number of methoxy groups -OCH3 is 2. The molecule has 9 heteroatoms. The molecule has 1 atom stereocenters. The minimum atomic E-state index is -1.24. The molecular formula is C21H28FN5O3. The zero-order valence-corrected chi connectivity index (χ0v) is 17.7. The van der Waals surface area contributed by atoms with Gasteiger partial charge in [0.25, 0.3) is 0 Å². The standard InChI is InChI=1S/C21H28FN5O3/c1-5-13-9-15(21(28,6-2)7-8-23)19(27-18(13)20(29-3)30-4)26-17-10-16(22)14(11-24)12-25-17/h9-10,12,20,28H,5-8,23H2,1-4H3,(H,25,26,27). The monoisotopic (exact) mass is 417 g/mol. The maximum atomic E-state index is 14.1. The van der Waals surface area contributed by atoms with Crippen molar-refractivity contribution >= 4 is 11.6 Å². The van der Waals surface area contributed by atoms with Crippen LogP contribution in [0.25, 0.3) is 0 Å². The van der Waals surface area contributed by atoms with E-state index in [0.717, 1.165) is 17.8 Å². The van der Waals surface area contributed by atoms with Crippen molar-refractivity contribution in [1.82, 2.24) is 9.97 Å². The van der Waals surface area contributed by atoms with Crippen LogP contribution in [0.2, 0.25) is 0 Å². The molecule has 0 aliphatic heterocycles. The number of aryl methyl sites for hydroxylation is 1. The van der Waals surface area contributed by atoms with Crippen LogP contribution >= 0.6 is 0 Å². The van der Waals surface area contributed by atoms with Crippen molar-refractivity contribution in [3.8, 4) is 6.07 Å². The van der Waals surface area contributed by atoms with Gasteiger partial charge < -0.3 is 25.6 Å². The van der Waals surface area contributed by atoms with E-state index < -0.39 is 17.7 Å². The van der Waals surface area contributed by atoms with E-state index in [1.54, 1.807) is 6.07 Å². The van der Waals surface area contributed by atoms with Crippen LogP contribution < -0.4 is 11.1 Å². The van der Waals surface area contributed by atoms with Gasteiger partial charge in [-0.2, -0.15) is 5.26 Å². The summed E-state index contributed by atoms with van der Waals surface area (Å²) < 4.78 is 24.8. The number of aromatic nitrogens is 2. The van der Waals surface area contributed by atoms with Crippen LogP contribution in [0.3, 0.4) is 0 Å². The zero-order chi connectivity index (χ0) is 22.3. The molecule has 0 fully saturated rings. The number of aliphatic hydroxyl groups is 1. The number of nitrogens with two attached hydrogens (primary N) is 1. The maximum absolute atomic E-state index is 14.1. The van der Waals surface area contributed by atoms with E-state index in [4.69, 9.17) is 20.5 Å². The van der Waals surface area contributed by atoms with Gasteiger partial charge >= 0.3 is 0 Å². The average Bonchev–Trinajstić information content (AvgIpc) is 2.75. The number of halogens is 1. The second kappa shape index (κ2) is 10.4. The van der Waals surface area contributed by atoms with Crippen molar-refractivity contribution < 1.29 is 19.0 Å². The van der Waals surface area contributed by atoms with Gasteiger partial charge in [-0.1, -0.05) is 13.8 Å². The van der Waals surface area contributed by atoms with Crippen molar-refractivity contribution in [1.29, 1.82) is 5.26 Å². The van der Waals surface area contributed by atoms with Gasteiger partial charge in [-0.05, 0) is 37.4 Å². The highest BCUT2D eigenvalue weighted by Crippen LogP contribution is 2.37. The normalized spacial score (nSPS) is 13.2. The number of hydrogen-bond donors (Lipinski definition) is 3. The van der Waals surface area contributed by atoms with E-state index in [-0.39, 0.29) is 23.7 Å². The molecule has 0 bridgehead atoms. The second-order valence-corrected chi connectivity index (χ2v) is 6.80. The Labute approximate surface area is 175 Å². The summed E-state index contributed by atoms with van der Waals surface area (Å²) in [5, 5.41) is 23.2. The zero-order valence-electron chi connectivity index (χ0n) is 17.7. The van der Waals surface area contributed by atoms with Crippen molar-refractivity contribution in [2.75, 3.05) is 26.1 Å². The minimum absolute atomic E-state index is 0.146. The molecule has 2 aromatic heterocycles. The molecule has 30 heavy (non-hydrogen) atoms. The largest absolute Gasteiger partial charge is 0.385 e. The fourth-order valence-electron chi connectivity index (χ4n) is 3.27. The Kier molecular flexibility index (Phi) is 8.20. The molecule has 4 N–H and O–H groups in total. The molecule has 1 unspecified atom stereocenters. The summed E-state index contributed by atoms with van der Waals surface area (Å²) in [6.07, 6.45) is 1.76. The van der Waals surface area contributed by atoms with E-state index in [1.807, 2.05) is 19.9 Å². The molecule has 0 saturated heterocycles. The van der Waals surface area contributed by atoms with Crippen LogP contribution in [0.15, 0.2) is 18.3 Å². The molecule has 8 nitrogen and oxygen atoms in total. The molecule has 0 radical (unpaired) electrons. The van der Waals surface area contributed by atoms with E-state index in [9.17, 15) is 9.50 Å².